The van der Waals surface area contributed by atoms with Crippen molar-refractivity contribution in [2.45, 2.75) is 6.92 Å². The van der Waals surface area contributed by atoms with Crippen LogP contribution in [0.3, 0.4) is 0 Å². The van der Waals surface area contributed by atoms with Crippen molar-refractivity contribution in [3.05, 3.63) is 29.8 Å². The topological polar surface area (TPSA) is 61.4 Å². The second-order valence-electron chi connectivity index (χ2n) is 5.48. The summed E-state index contributed by atoms with van der Waals surface area (Å²) in [6, 6.07) is 7.11. The van der Waals surface area contributed by atoms with Crippen LogP contribution in [0.15, 0.2) is 24.3 Å². The minimum Gasteiger partial charge on any atom is -0.345 e. The van der Waals surface area contributed by atoms with Crippen LogP contribution in [-0.4, -0.2) is 43.9 Å². The Morgan fingerprint density at radius 3 is 2.55 bits per heavy atom. The van der Waals surface area contributed by atoms with E-state index in [1.54, 1.807) is 32.3 Å². The van der Waals surface area contributed by atoms with E-state index < -0.39 is 0 Å². The van der Waals surface area contributed by atoms with Gasteiger partial charge in [0.25, 0.3) is 5.91 Å². The first-order chi connectivity index (χ1) is 9.50. The highest BCUT2D eigenvalue weighted by molar-refractivity contribution is 6.04. The highest BCUT2D eigenvalue weighted by Crippen LogP contribution is 2.21. The highest BCUT2D eigenvalue weighted by Gasteiger charge is 2.30. The van der Waals surface area contributed by atoms with Crippen molar-refractivity contribution < 1.29 is 9.59 Å². The van der Waals surface area contributed by atoms with Gasteiger partial charge in [-0.25, -0.2) is 0 Å². The van der Waals surface area contributed by atoms with Crippen molar-refractivity contribution in [2.75, 3.05) is 32.5 Å². The molecule has 0 aromatic heterocycles. The van der Waals surface area contributed by atoms with E-state index in [1.807, 2.05) is 6.07 Å². The summed E-state index contributed by atoms with van der Waals surface area (Å²) in [5.41, 5.74) is 1.10. The zero-order valence-corrected chi connectivity index (χ0v) is 12.1. The average Bonchev–Trinajstić information content (AvgIpc) is 2.84. The molecular formula is C15H21N3O2. The lowest BCUT2D eigenvalue weighted by Gasteiger charge is -2.17. The molecular weight excluding hydrogens is 254 g/mol. The van der Waals surface area contributed by atoms with Crippen LogP contribution < -0.4 is 10.6 Å². The smallest absolute Gasteiger partial charge is 0.255 e. The SMILES string of the molecule is CC1CNCC1C(=O)Nc1ccccc1C(=O)N(C)C. The number of benzene rings is 1. The second kappa shape index (κ2) is 6.05. The number of nitrogens with zero attached hydrogens (tertiary/aromatic N) is 1. The van der Waals surface area contributed by atoms with E-state index in [4.69, 9.17) is 0 Å². The third-order valence-corrected chi connectivity index (χ3v) is 3.68. The maximum absolute atomic E-state index is 12.3. The average molecular weight is 275 g/mol. The summed E-state index contributed by atoms with van der Waals surface area (Å²) < 4.78 is 0. The maximum Gasteiger partial charge on any atom is 0.255 e. The van der Waals surface area contributed by atoms with Gasteiger partial charge < -0.3 is 15.5 Å². The van der Waals surface area contributed by atoms with E-state index in [0.29, 0.717) is 23.7 Å². The van der Waals surface area contributed by atoms with Crippen molar-refractivity contribution in [1.82, 2.24) is 10.2 Å². The molecule has 0 saturated carbocycles. The van der Waals surface area contributed by atoms with Crippen molar-refractivity contribution in [1.29, 1.82) is 0 Å². The van der Waals surface area contributed by atoms with Crippen molar-refractivity contribution in [2.24, 2.45) is 11.8 Å². The lowest BCUT2D eigenvalue weighted by molar-refractivity contribution is -0.120. The molecule has 1 aliphatic rings. The van der Waals surface area contributed by atoms with Crippen molar-refractivity contribution in [3.63, 3.8) is 0 Å². The molecule has 1 aromatic rings. The Morgan fingerprint density at radius 2 is 1.95 bits per heavy atom. The second-order valence-corrected chi connectivity index (χ2v) is 5.48. The van der Waals surface area contributed by atoms with E-state index >= 15 is 0 Å². The molecule has 1 aliphatic heterocycles. The predicted molar refractivity (Wildman–Crippen MR) is 78.6 cm³/mol. The summed E-state index contributed by atoms with van der Waals surface area (Å²) in [5, 5.41) is 6.10. The molecule has 0 spiro atoms. The molecule has 2 unspecified atom stereocenters. The largest absolute Gasteiger partial charge is 0.345 e. The summed E-state index contributed by atoms with van der Waals surface area (Å²) in [5.74, 6) is 0.129. The molecule has 1 saturated heterocycles. The molecule has 5 heteroatoms. The van der Waals surface area contributed by atoms with Gasteiger partial charge in [0.15, 0.2) is 0 Å². The van der Waals surface area contributed by atoms with E-state index in [0.717, 1.165) is 6.54 Å². The van der Waals surface area contributed by atoms with Crippen molar-refractivity contribution in [3.8, 4) is 0 Å². The zero-order chi connectivity index (χ0) is 14.7. The minimum atomic E-state index is -0.113. The Balaban J connectivity index is 2.17. The van der Waals surface area contributed by atoms with Gasteiger partial charge >= 0.3 is 0 Å². The van der Waals surface area contributed by atoms with Gasteiger partial charge in [-0.05, 0) is 24.6 Å². The van der Waals surface area contributed by atoms with Crippen LogP contribution in [0.5, 0.6) is 0 Å². The van der Waals surface area contributed by atoms with Crippen LogP contribution in [0.1, 0.15) is 17.3 Å². The van der Waals surface area contributed by atoms with Gasteiger partial charge in [0.05, 0.1) is 17.2 Å². The van der Waals surface area contributed by atoms with E-state index in [1.165, 1.54) is 4.90 Å². The minimum absolute atomic E-state index is 0.0264. The molecule has 1 aromatic carbocycles. The number of anilines is 1. The first-order valence-electron chi connectivity index (χ1n) is 6.83. The molecule has 20 heavy (non-hydrogen) atoms. The fraction of sp³-hybridized carbons (Fsp3) is 0.467. The van der Waals surface area contributed by atoms with Gasteiger partial charge in [-0.15, -0.1) is 0 Å². The van der Waals surface area contributed by atoms with Crippen LogP contribution in [0.4, 0.5) is 5.69 Å². The Kier molecular flexibility index (Phi) is 4.39. The number of hydrogen-bond donors (Lipinski definition) is 2. The summed E-state index contributed by atoms with van der Waals surface area (Å²) in [7, 11) is 3.40. The molecule has 1 fully saturated rings. The third kappa shape index (κ3) is 2.99. The Labute approximate surface area is 119 Å². The van der Waals surface area contributed by atoms with Crippen LogP contribution in [0.25, 0.3) is 0 Å². The van der Waals surface area contributed by atoms with Gasteiger partial charge in [0.1, 0.15) is 0 Å². The summed E-state index contributed by atoms with van der Waals surface area (Å²) in [4.78, 5) is 25.9. The predicted octanol–water partition coefficient (Wildman–Crippen LogP) is 1.18. The van der Waals surface area contributed by atoms with Crippen molar-refractivity contribution >= 4 is 17.5 Å². The fourth-order valence-corrected chi connectivity index (χ4v) is 2.41. The maximum atomic E-state index is 12.3. The van der Waals surface area contributed by atoms with Gasteiger partial charge in [-0.3, -0.25) is 9.59 Å². The number of amides is 2. The van der Waals surface area contributed by atoms with E-state index in [2.05, 4.69) is 17.6 Å². The summed E-state index contributed by atoms with van der Waals surface area (Å²) in [6.45, 7) is 3.61. The van der Waals surface area contributed by atoms with Crippen LogP contribution in [-0.2, 0) is 4.79 Å². The quantitative estimate of drug-likeness (QED) is 0.871. The molecule has 0 bridgehead atoms. The van der Waals surface area contributed by atoms with Gasteiger partial charge in [-0.2, -0.15) is 0 Å². The van der Waals surface area contributed by atoms with Gasteiger partial charge in [0.2, 0.25) is 5.91 Å². The number of para-hydroxylation sites is 1. The Morgan fingerprint density at radius 1 is 1.25 bits per heavy atom. The molecule has 0 radical (unpaired) electrons. The number of carbonyl (C=O) groups is 2. The highest BCUT2D eigenvalue weighted by atomic mass is 16.2. The first kappa shape index (κ1) is 14.5. The van der Waals surface area contributed by atoms with Crippen LogP contribution >= 0.6 is 0 Å². The summed E-state index contributed by atoms with van der Waals surface area (Å²) >= 11 is 0. The summed E-state index contributed by atoms with van der Waals surface area (Å²) in [6.07, 6.45) is 0. The van der Waals surface area contributed by atoms with Gasteiger partial charge in [0, 0.05) is 20.6 Å². The van der Waals surface area contributed by atoms with E-state index in [-0.39, 0.29) is 17.7 Å². The Bertz CT molecular complexity index is 514. The molecule has 1 heterocycles. The molecule has 2 N–H and O–H groups in total. The standard InChI is InChI=1S/C15H21N3O2/c1-10-8-16-9-12(10)14(19)17-13-7-5-4-6-11(13)15(20)18(2)3/h4-7,10,12,16H,8-9H2,1-3H3,(H,17,19). The van der Waals surface area contributed by atoms with Gasteiger partial charge in [-0.1, -0.05) is 19.1 Å². The number of hydrogen-bond acceptors (Lipinski definition) is 3. The number of rotatable bonds is 3. The number of nitrogens with one attached hydrogen (secondary N) is 2. The molecule has 2 atom stereocenters. The Hall–Kier alpha value is -1.88. The lowest BCUT2D eigenvalue weighted by atomic mass is 9.97. The molecule has 5 nitrogen and oxygen atoms in total. The molecule has 2 rings (SSSR count). The number of carbonyl (C=O) groups excluding carboxylic acids is 2. The first-order valence-corrected chi connectivity index (χ1v) is 6.83. The lowest BCUT2D eigenvalue weighted by Crippen LogP contribution is -2.29. The zero-order valence-electron chi connectivity index (χ0n) is 12.1. The fourth-order valence-electron chi connectivity index (χ4n) is 2.41. The van der Waals surface area contributed by atoms with Crippen LogP contribution in [0, 0.1) is 11.8 Å². The normalized spacial score (nSPS) is 21.6. The van der Waals surface area contributed by atoms with Crippen LogP contribution in [0.2, 0.25) is 0 Å². The van der Waals surface area contributed by atoms with E-state index in [9.17, 15) is 9.59 Å². The molecule has 108 valence electrons. The molecule has 0 aliphatic carbocycles. The third-order valence-electron chi connectivity index (χ3n) is 3.68. The molecule has 2 amide bonds. The monoisotopic (exact) mass is 275 g/mol.